The fourth-order valence-corrected chi connectivity index (χ4v) is 2.58. The number of rotatable bonds is 8. The lowest BCUT2D eigenvalue weighted by Gasteiger charge is -2.16. The predicted molar refractivity (Wildman–Crippen MR) is 89.3 cm³/mol. The minimum atomic E-state index is -0.589. The Morgan fingerprint density at radius 1 is 0.783 bits per heavy atom. The molecule has 0 aliphatic heterocycles. The molecule has 0 atom stereocenters. The van der Waals surface area contributed by atoms with Gasteiger partial charge in [-0.25, -0.2) is 0 Å². The molecular weight excluding hydrogens is 288 g/mol. The lowest BCUT2D eigenvalue weighted by molar-refractivity contribution is -0.139. The molecular formula is C20H20O3. The van der Waals surface area contributed by atoms with E-state index in [9.17, 15) is 14.4 Å². The summed E-state index contributed by atoms with van der Waals surface area (Å²) in [5, 5.41) is 0. The average molecular weight is 308 g/mol. The van der Waals surface area contributed by atoms with E-state index in [4.69, 9.17) is 0 Å². The minimum Gasteiger partial charge on any atom is -0.298 e. The Morgan fingerprint density at radius 2 is 1.26 bits per heavy atom. The van der Waals surface area contributed by atoms with Crippen molar-refractivity contribution in [3.63, 3.8) is 0 Å². The van der Waals surface area contributed by atoms with Crippen LogP contribution in [-0.4, -0.2) is 17.3 Å². The molecule has 2 aromatic carbocycles. The molecule has 2 rings (SSSR count). The number of carbonyl (C=O) groups is 3. The lowest BCUT2D eigenvalue weighted by atomic mass is 9.85. The summed E-state index contributed by atoms with van der Waals surface area (Å²) >= 11 is 0. The first-order chi connectivity index (χ1) is 11.1. The summed E-state index contributed by atoms with van der Waals surface area (Å²) in [4.78, 5) is 36.3. The SMILES string of the molecule is CCCC(=O)C(=O)CC(=O)C(c1ccccc1)c1ccccc1. The van der Waals surface area contributed by atoms with E-state index in [1.165, 1.54) is 0 Å². The van der Waals surface area contributed by atoms with Gasteiger partial charge in [0.25, 0.3) is 0 Å². The molecule has 0 aliphatic rings. The van der Waals surface area contributed by atoms with E-state index in [1.54, 1.807) is 0 Å². The monoisotopic (exact) mass is 308 g/mol. The zero-order valence-corrected chi connectivity index (χ0v) is 13.2. The molecule has 0 aromatic heterocycles. The minimum absolute atomic E-state index is 0.202. The van der Waals surface area contributed by atoms with Crippen LogP contribution in [0.25, 0.3) is 0 Å². The predicted octanol–water partition coefficient (Wildman–Crippen LogP) is 3.72. The Hall–Kier alpha value is -2.55. The van der Waals surface area contributed by atoms with Gasteiger partial charge < -0.3 is 0 Å². The molecule has 23 heavy (non-hydrogen) atoms. The maximum absolute atomic E-state index is 12.7. The summed E-state index contributed by atoms with van der Waals surface area (Å²) in [6, 6.07) is 18.7. The highest BCUT2D eigenvalue weighted by atomic mass is 16.2. The van der Waals surface area contributed by atoms with Crippen LogP contribution >= 0.6 is 0 Å². The van der Waals surface area contributed by atoms with Crippen molar-refractivity contribution >= 4 is 17.3 Å². The zero-order valence-electron chi connectivity index (χ0n) is 13.2. The molecule has 0 fully saturated rings. The molecule has 0 bridgehead atoms. The zero-order chi connectivity index (χ0) is 16.7. The number of carbonyl (C=O) groups excluding carboxylic acids is 3. The molecule has 0 unspecified atom stereocenters. The number of hydrogen-bond acceptors (Lipinski definition) is 3. The van der Waals surface area contributed by atoms with Crippen LogP contribution in [-0.2, 0) is 14.4 Å². The molecule has 0 N–H and O–H groups in total. The second-order valence-corrected chi connectivity index (χ2v) is 5.49. The van der Waals surface area contributed by atoms with E-state index in [0.717, 1.165) is 11.1 Å². The number of hydrogen-bond donors (Lipinski definition) is 0. The van der Waals surface area contributed by atoms with Gasteiger partial charge in [0, 0.05) is 6.42 Å². The topological polar surface area (TPSA) is 51.2 Å². The van der Waals surface area contributed by atoms with Gasteiger partial charge in [-0.15, -0.1) is 0 Å². The third kappa shape index (κ3) is 4.46. The van der Waals surface area contributed by atoms with Crippen molar-refractivity contribution < 1.29 is 14.4 Å². The van der Waals surface area contributed by atoms with E-state index >= 15 is 0 Å². The van der Waals surface area contributed by atoms with Gasteiger partial charge in [-0.05, 0) is 17.5 Å². The Labute approximate surface area is 136 Å². The normalized spacial score (nSPS) is 10.5. The molecule has 0 amide bonds. The van der Waals surface area contributed by atoms with E-state index in [2.05, 4.69) is 0 Å². The van der Waals surface area contributed by atoms with E-state index in [-0.39, 0.29) is 18.6 Å². The molecule has 0 spiro atoms. The largest absolute Gasteiger partial charge is 0.298 e. The molecule has 0 heterocycles. The number of ketones is 3. The Bertz CT molecular complexity index is 635. The van der Waals surface area contributed by atoms with Crippen LogP contribution in [0.1, 0.15) is 43.2 Å². The Balaban J connectivity index is 2.26. The van der Waals surface area contributed by atoms with Gasteiger partial charge >= 0.3 is 0 Å². The number of benzene rings is 2. The standard InChI is InChI=1S/C20H20O3/c1-2-9-17(21)18(22)14-19(23)20(15-10-5-3-6-11-15)16-12-7-4-8-13-16/h3-8,10-13,20H,2,9,14H2,1H3. The quantitative estimate of drug-likeness (QED) is 0.551. The van der Waals surface area contributed by atoms with Gasteiger partial charge in [-0.2, -0.15) is 0 Å². The highest BCUT2D eigenvalue weighted by molar-refractivity contribution is 6.40. The molecule has 3 nitrogen and oxygen atoms in total. The first-order valence-electron chi connectivity index (χ1n) is 7.82. The average Bonchev–Trinajstić information content (AvgIpc) is 2.57. The van der Waals surface area contributed by atoms with Crippen LogP contribution in [0.15, 0.2) is 60.7 Å². The highest BCUT2D eigenvalue weighted by Gasteiger charge is 2.26. The van der Waals surface area contributed by atoms with E-state index in [1.807, 2.05) is 67.6 Å². The second kappa shape index (κ2) is 8.18. The second-order valence-electron chi connectivity index (χ2n) is 5.49. The molecule has 0 aliphatic carbocycles. The van der Waals surface area contributed by atoms with Gasteiger partial charge in [-0.3, -0.25) is 14.4 Å². The smallest absolute Gasteiger partial charge is 0.205 e. The van der Waals surface area contributed by atoms with Crippen molar-refractivity contribution in [3.05, 3.63) is 71.8 Å². The number of Topliss-reactive ketones (excluding diaryl/α,β-unsaturated/α-hetero) is 3. The summed E-state index contributed by atoms with van der Waals surface area (Å²) < 4.78 is 0. The van der Waals surface area contributed by atoms with E-state index in [0.29, 0.717) is 6.42 Å². The Kier molecular flexibility index (Phi) is 5.98. The van der Waals surface area contributed by atoms with Crippen LogP contribution < -0.4 is 0 Å². The van der Waals surface area contributed by atoms with Gasteiger partial charge in [0.15, 0.2) is 11.6 Å². The van der Waals surface area contributed by atoms with E-state index < -0.39 is 17.5 Å². The summed E-state index contributed by atoms with van der Waals surface area (Å²) in [7, 11) is 0. The molecule has 0 saturated heterocycles. The van der Waals surface area contributed by atoms with Crippen LogP contribution in [0.4, 0.5) is 0 Å². The summed E-state index contributed by atoms with van der Waals surface area (Å²) in [5.41, 5.74) is 1.67. The van der Waals surface area contributed by atoms with Crippen LogP contribution in [0.5, 0.6) is 0 Å². The van der Waals surface area contributed by atoms with Crippen molar-refractivity contribution in [3.8, 4) is 0 Å². The Morgan fingerprint density at radius 3 is 1.70 bits per heavy atom. The summed E-state index contributed by atoms with van der Waals surface area (Å²) in [5.74, 6) is -1.80. The summed E-state index contributed by atoms with van der Waals surface area (Å²) in [6.07, 6.45) is 0.473. The van der Waals surface area contributed by atoms with Crippen molar-refractivity contribution in [2.45, 2.75) is 32.1 Å². The maximum atomic E-state index is 12.7. The van der Waals surface area contributed by atoms with Gasteiger partial charge in [0.05, 0.1) is 12.3 Å². The molecule has 0 saturated carbocycles. The maximum Gasteiger partial charge on any atom is 0.205 e. The highest BCUT2D eigenvalue weighted by Crippen LogP contribution is 2.26. The third-order valence-corrected chi connectivity index (χ3v) is 3.71. The van der Waals surface area contributed by atoms with Crippen molar-refractivity contribution in [1.29, 1.82) is 0 Å². The fourth-order valence-electron chi connectivity index (χ4n) is 2.58. The molecule has 118 valence electrons. The fraction of sp³-hybridized carbons (Fsp3) is 0.250. The van der Waals surface area contributed by atoms with Gasteiger partial charge in [-0.1, -0.05) is 67.6 Å². The van der Waals surface area contributed by atoms with Gasteiger partial charge in [0.1, 0.15) is 0 Å². The van der Waals surface area contributed by atoms with Crippen LogP contribution in [0, 0.1) is 0 Å². The first-order valence-corrected chi connectivity index (χ1v) is 7.82. The van der Waals surface area contributed by atoms with Crippen molar-refractivity contribution in [1.82, 2.24) is 0 Å². The third-order valence-electron chi connectivity index (χ3n) is 3.71. The molecule has 3 heteroatoms. The van der Waals surface area contributed by atoms with Crippen molar-refractivity contribution in [2.24, 2.45) is 0 Å². The molecule has 0 radical (unpaired) electrons. The molecule has 2 aromatic rings. The lowest BCUT2D eigenvalue weighted by Crippen LogP contribution is -2.22. The first kappa shape index (κ1) is 16.8. The van der Waals surface area contributed by atoms with Crippen LogP contribution in [0.3, 0.4) is 0 Å². The van der Waals surface area contributed by atoms with Crippen LogP contribution in [0.2, 0.25) is 0 Å². The summed E-state index contributed by atoms with van der Waals surface area (Å²) in [6.45, 7) is 1.84. The van der Waals surface area contributed by atoms with Crippen molar-refractivity contribution in [2.75, 3.05) is 0 Å². The van der Waals surface area contributed by atoms with Gasteiger partial charge in [0.2, 0.25) is 5.78 Å².